The molecule has 33 heavy (non-hydrogen) atoms. The van der Waals surface area contributed by atoms with Crippen LogP contribution < -0.4 is 10.2 Å². The van der Waals surface area contributed by atoms with Crippen LogP contribution in [0.5, 0.6) is 0 Å². The smallest absolute Gasteiger partial charge is 0.208 e. The SMILES string of the molecule is CCOC1Nc2c(F)cc(-c3c(C)nnn3C)cc2N1C(c1ccccn1)c1ccccn1. The molecule has 1 N–H and O–H groups in total. The average Bonchev–Trinajstić information content (AvgIpc) is 3.35. The monoisotopic (exact) mass is 445 g/mol. The number of aryl methyl sites for hydroxylation is 2. The van der Waals surface area contributed by atoms with Gasteiger partial charge in [-0.3, -0.25) is 9.97 Å². The van der Waals surface area contributed by atoms with Gasteiger partial charge in [0.25, 0.3) is 0 Å². The second-order valence-electron chi connectivity index (χ2n) is 7.77. The van der Waals surface area contributed by atoms with Gasteiger partial charge in [-0.2, -0.15) is 0 Å². The quantitative estimate of drug-likeness (QED) is 0.479. The van der Waals surface area contributed by atoms with E-state index in [1.54, 1.807) is 24.1 Å². The molecule has 0 bridgehead atoms. The molecule has 1 atom stereocenters. The van der Waals surface area contributed by atoms with E-state index in [4.69, 9.17) is 4.74 Å². The zero-order valence-corrected chi connectivity index (χ0v) is 18.6. The van der Waals surface area contributed by atoms with E-state index in [0.717, 1.165) is 22.8 Å². The van der Waals surface area contributed by atoms with Crippen LogP contribution in [-0.4, -0.2) is 37.9 Å². The van der Waals surface area contributed by atoms with Crippen LogP contribution in [0, 0.1) is 12.7 Å². The lowest BCUT2D eigenvalue weighted by molar-refractivity contribution is 0.0795. The normalized spacial score (nSPS) is 15.1. The molecule has 1 unspecified atom stereocenters. The largest absolute Gasteiger partial charge is 0.341 e. The summed E-state index contributed by atoms with van der Waals surface area (Å²) < 4.78 is 23.1. The molecule has 1 aliphatic heterocycles. The molecule has 0 spiro atoms. The van der Waals surface area contributed by atoms with E-state index in [1.807, 2.05) is 61.2 Å². The van der Waals surface area contributed by atoms with Crippen molar-refractivity contribution in [2.45, 2.75) is 26.2 Å². The molecule has 1 aliphatic rings. The number of ether oxygens (including phenoxy) is 1. The van der Waals surface area contributed by atoms with E-state index >= 15 is 4.39 Å². The van der Waals surface area contributed by atoms with E-state index < -0.39 is 12.4 Å². The second kappa shape index (κ2) is 8.59. The topological polar surface area (TPSA) is 81.0 Å². The number of nitrogens with zero attached hydrogens (tertiary/aromatic N) is 6. The van der Waals surface area contributed by atoms with Crippen molar-refractivity contribution in [3.63, 3.8) is 0 Å². The number of hydrogen-bond acceptors (Lipinski definition) is 7. The van der Waals surface area contributed by atoms with Crippen LogP contribution >= 0.6 is 0 Å². The molecule has 0 radical (unpaired) electrons. The maximum atomic E-state index is 15.4. The summed E-state index contributed by atoms with van der Waals surface area (Å²) in [6.45, 7) is 4.21. The fourth-order valence-electron chi connectivity index (χ4n) is 4.32. The van der Waals surface area contributed by atoms with E-state index in [2.05, 4.69) is 25.6 Å². The highest BCUT2D eigenvalue weighted by atomic mass is 19.1. The van der Waals surface area contributed by atoms with Gasteiger partial charge in [0.15, 0.2) is 0 Å². The highest BCUT2D eigenvalue weighted by Gasteiger charge is 2.39. The predicted molar refractivity (Wildman–Crippen MR) is 123 cm³/mol. The molecule has 8 nitrogen and oxygen atoms in total. The molecule has 0 aliphatic carbocycles. The molecule has 4 heterocycles. The van der Waals surface area contributed by atoms with Crippen LogP contribution in [0.15, 0.2) is 60.9 Å². The lowest BCUT2D eigenvalue weighted by Gasteiger charge is -2.33. The highest BCUT2D eigenvalue weighted by molar-refractivity contribution is 5.83. The Morgan fingerprint density at radius 1 is 1.09 bits per heavy atom. The minimum Gasteiger partial charge on any atom is -0.341 e. The molecule has 4 aromatic rings. The summed E-state index contributed by atoms with van der Waals surface area (Å²) in [7, 11) is 1.80. The first kappa shape index (κ1) is 21.0. The van der Waals surface area contributed by atoms with Gasteiger partial charge in [0, 0.05) is 31.6 Å². The number of fused-ring (bicyclic) bond motifs is 1. The van der Waals surface area contributed by atoms with E-state index in [1.165, 1.54) is 6.07 Å². The van der Waals surface area contributed by atoms with Crippen molar-refractivity contribution in [3.05, 3.63) is 83.8 Å². The molecule has 168 valence electrons. The minimum atomic E-state index is -0.602. The molecule has 9 heteroatoms. The van der Waals surface area contributed by atoms with Crippen molar-refractivity contribution in [1.82, 2.24) is 25.0 Å². The van der Waals surface area contributed by atoms with Crippen molar-refractivity contribution in [3.8, 4) is 11.3 Å². The van der Waals surface area contributed by atoms with Gasteiger partial charge in [-0.05, 0) is 50.2 Å². The van der Waals surface area contributed by atoms with Crippen molar-refractivity contribution < 1.29 is 9.13 Å². The van der Waals surface area contributed by atoms with Gasteiger partial charge in [-0.1, -0.05) is 17.3 Å². The Bertz CT molecular complexity index is 1200. The van der Waals surface area contributed by atoms with E-state index in [0.29, 0.717) is 23.5 Å². The summed E-state index contributed by atoms with van der Waals surface area (Å²) in [5.41, 5.74) is 4.75. The maximum absolute atomic E-state index is 15.4. The lowest BCUT2D eigenvalue weighted by atomic mass is 10.0. The van der Waals surface area contributed by atoms with Gasteiger partial charge in [-0.25, -0.2) is 9.07 Å². The number of aromatic nitrogens is 5. The predicted octanol–water partition coefficient (Wildman–Crippen LogP) is 4.06. The van der Waals surface area contributed by atoms with Crippen molar-refractivity contribution in [1.29, 1.82) is 0 Å². The van der Waals surface area contributed by atoms with Gasteiger partial charge >= 0.3 is 0 Å². The summed E-state index contributed by atoms with van der Waals surface area (Å²) in [5, 5.41) is 11.4. The lowest BCUT2D eigenvalue weighted by Crippen LogP contribution is -2.41. The summed E-state index contributed by atoms with van der Waals surface area (Å²) in [5.74, 6) is -0.379. The Morgan fingerprint density at radius 3 is 2.33 bits per heavy atom. The van der Waals surface area contributed by atoms with Crippen LogP contribution in [0.1, 0.15) is 30.0 Å². The number of nitrogens with one attached hydrogen (secondary N) is 1. The van der Waals surface area contributed by atoms with E-state index in [-0.39, 0.29) is 5.82 Å². The number of anilines is 2. The third-order valence-corrected chi connectivity index (χ3v) is 5.68. The van der Waals surface area contributed by atoms with Gasteiger partial charge in [-0.15, -0.1) is 5.10 Å². The van der Waals surface area contributed by atoms with Crippen molar-refractivity contribution in [2.24, 2.45) is 7.05 Å². The molecule has 5 rings (SSSR count). The third-order valence-electron chi connectivity index (χ3n) is 5.68. The fraction of sp³-hybridized carbons (Fsp3) is 0.250. The average molecular weight is 446 g/mol. The fourth-order valence-corrected chi connectivity index (χ4v) is 4.32. The van der Waals surface area contributed by atoms with Crippen LogP contribution in [0.25, 0.3) is 11.3 Å². The first-order chi connectivity index (χ1) is 16.1. The first-order valence-corrected chi connectivity index (χ1v) is 10.8. The number of hydrogen-bond donors (Lipinski definition) is 1. The summed E-state index contributed by atoms with van der Waals surface area (Å²) in [6.07, 6.45) is 2.88. The molecule has 1 aromatic carbocycles. The Hall–Kier alpha value is -3.85. The molecular weight excluding hydrogens is 421 g/mol. The van der Waals surface area contributed by atoms with Crippen molar-refractivity contribution >= 4 is 11.4 Å². The minimum absolute atomic E-state index is 0.377. The molecule has 0 saturated heterocycles. The van der Waals surface area contributed by atoms with Gasteiger partial charge in [0.05, 0.1) is 34.2 Å². The Morgan fingerprint density at radius 2 is 1.79 bits per heavy atom. The maximum Gasteiger partial charge on any atom is 0.208 e. The van der Waals surface area contributed by atoms with Crippen LogP contribution in [0.4, 0.5) is 15.8 Å². The third kappa shape index (κ3) is 3.70. The second-order valence-corrected chi connectivity index (χ2v) is 7.77. The number of rotatable bonds is 6. The Labute approximate surface area is 191 Å². The first-order valence-electron chi connectivity index (χ1n) is 10.8. The molecular formula is C24H24FN7O. The molecule has 0 amide bonds. The number of pyridine rings is 2. The van der Waals surface area contributed by atoms with Crippen LogP contribution in [0.2, 0.25) is 0 Å². The summed E-state index contributed by atoms with van der Waals surface area (Å²) in [4.78, 5) is 11.2. The van der Waals surface area contributed by atoms with Crippen LogP contribution in [-0.2, 0) is 11.8 Å². The number of halogens is 1. The van der Waals surface area contributed by atoms with Crippen molar-refractivity contribution in [2.75, 3.05) is 16.8 Å². The molecule has 3 aromatic heterocycles. The Kier molecular flexibility index (Phi) is 5.47. The van der Waals surface area contributed by atoms with Gasteiger partial charge < -0.3 is 15.0 Å². The molecule has 0 saturated carbocycles. The van der Waals surface area contributed by atoms with E-state index in [9.17, 15) is 0 Å². The van der Waals surface area contributed by atoms with Crippen LogP contribution in [0.3, 0.4) is 0 Å². The zero-order chi connectivity index (χ0) is 22.9. The summed E-state index contributed by atoms with van der Waals surface area (Å²) >= 11 is 0. The highest BCUT2D eigenvalue weighted by Crippen LogP contribution is 2.45. The zero-order valence-electron chi connectivity index (χ0n) is 18.6. The van der Waals surface area contributed by atoms with Gasteiger partial charge in [0.2, 0.25) is 6.35 Å². The Balaban J connectivity index is 1.72. The van der Waals surface area contributed by atoms with Gasteiger partial charge in [0.1, 0.15) is 11.9 Å². The standard InChI is InChI=1S/C24H24FN7O/c1-4-33-24-28-21-17(25)13-16(22-15(2)29-30-31(22)3)14-20(21)32(24)23(18-9-5-7-11-26-18)19-10-6-8-12-27-19/h5-14,23-24,28H,4H2,1-3H3. The summed E-state index contributed by atoms with van der Waals surface area (Å²) in [6, 6.07) is 14.5. The molecule has 0 fully saturated rings. The number of benzene rings is 1.